The Morgan fingerprint density at radius 1 is 1.20 bits per heavy atom. The summed E-state index contributed by atoms with van der Waals surface area (Å²) in [6, 6.07) is 11.3. The van der Waals surface area contributed by atoms with Crippen molar-refractivity contribution in [1.82, 2.24) is 4.72 Å². The molecular formula is C15H17N3O4S3. The predicted octanol–water partition coefficient (Wildman–Crippen LogP) is 1.67. The number of nitrogens with one attached hydrogen (secondary N) is 1. The first kappa shape index (κ1) is 19.4. The van der Waals surface area contributed by atoms with Crippen LogP contribution >= 0.6 is 11.3 Å². The average Bonchev–Trinajstić information content (AvgIpc) is 2.98. The third kappa shape index (κ3) is 5.02. The van der Waals surface area contributed by atoms with Crippen molar-refractivity contribution in [3.05, 3.63) is 46.8 Å². The monoisotopic (exact) mass is 399 g/mol. The molecule has 0 atom stereocenters. The number of hydrogen-bond donors (Lipinski definition) is 1. The molecule has 1 aromatic heterocycles. The van der Waals surface area contributed by atoms with Gasteiger partial charge in [-0.3, -0.25) is 4.31 Å². The Morgan fingerprint density at radius 2 is 1.92 bits per heavy atom. The van der Waals surface area contributed by atoms with Gasteiger partial charge in [0.05, 0.1) is 23.6 Å². The second-order valence-electron chi connectivity index (χ2n) is 5.26. The summed E-state index contributed by atoms with van der Waals surface area (Å²) >= 11 is 1.14. The van der Waals surface area contributed by atoms with E-state index in [-0.39, 0.29) is 17.3 Å². The van der Waals surface area contributed by atoms with E-state index >= 15 is 0 Å². The smallest absolute Gasteiger partial charge is 0.250 e. The van der Waals surface area contributed by atoms with E-state index in [2.05, 4.69) is 4.72 Å². The first-order valence-electron chi connectivity index (χ1n) is 7.17. The minimum absolute atomic E-state index is 0.0860. The third-order valence-corrected chi connectivity index (χ3v) is 7.40. The maximum absolute atomic E-state index is 12.2. The van der Waals surface area contributed by atoms with Crippen LogP contribution in [0.5, 0.6) is 0 Å². The van der Waals surface area contributed by atoms with E-state index in [1.54, 1.807) is 31.2 Å². The Kier molecular flexibility index (Phi) is 5.84. The zero-order valence-electron chi connectivity index (χ0n) is 13.6. The lowest BCUT2D eigenvalue weighted by molar-refractivity contribution is 0.580. The van der Waals surface area contributed by atoms with E-state index in [0.717, 1.165) is 26.8 Å². The molecule has 1 N–H and O–H groups in total. The molecule has 0 radical (unpaired) electrons. The van der Waals surface area contributed by atoms with E-state index in [4.69, 9.17) is 5.26 Å². The molecule has 7 nitrogen and oxygen atoms in total. The molecule has 2 aromatic rings. The van der Waals surface area contributed by atoms with Crippen LogP contribution in [0.1, 0.15) is 10.4 Å². The molecule has 0 unspecified atom stereocenters. The lowest BCUT2D eigenvalue weighted by atomic mass is 10.2. The van der Waals surface area contributed by atoms with Crippen molar-refractivity contribution in [2.45, 2.75) is 11.1 Å². The van der Waals surface area contributed by atoms with Crippen LogP contribution in [0.3, 0.4) is 0 Å². The number of benzene rings is 1. The van der Waals surface area contributed by atoms with Crippen LogP contribution in [0.15, 0.2) is 40.6 Å². The number of rotatable bonds is 7. The highest BCUT2D eigenvalue weighted by Gasteiger charge is 2.20. The fraction of sp³-hybridized carbons (Fsp3) is 0.267. The van der Waals surface area contributed by atoms with Gasteiger partial charge in [0.25, 0.3) is 0 Å². The minimum Gasteiger partial charge on any atom is -0.269 e. The van der Waals surface area contributed by atoms with Crippen molar-refractivity contribution in [1.29, 1.82) is 5.26 Å². The standard InChI is InChI=1S/C15H17N3O4S3/c1-12-6-7-15(23-12)25(21,22)17-8-9-18(24(2,19)20)14-5-3-4-13(10-14)11-16/h3-7,10,17H,8-9H2,1-2H3. The zero-order valence-corrected chi connectivity index (χ0v) is 16.1. The quantitative estimate of drug-likeness (QED) is 0.762. The van der Waals surface area contributed by atoms with E-state index in [9.17, 15) is 16.8 Å². The van der Waals surface area contributed by atoms with Crippen molar-refractivity contribution in [3.63, 3.8) is 0 Å². The summed E-state index contributed by atoms with van der Waals surface area (Å²) in [7, 11) is -7.31. The van der Waals surface area contributed by atoms with Crippen LogP contribution < -0.4 is 9.03 Å². The lowest BCUT2D eigenvalue weighted by Gasteiger charge is -2.22. The summed E-state index contributed by atoms with van der Waals surface area (Å²) in [6.45, 7) is 1.62. The predicted molar refractivity (Wildman–Crippen MR) is 97.6 cm³/mol. The largest absolute Gasteiger partial charge is 0.269 e. The van der Waals surface area contributed by atoms with Gasteiger partial charge >= 0.3 is 0 Å². The summed E-state index contributed by atoms with van der Waals surface area (Å²) in [5, 5.41) is 8.95. The Balaban J connectivity index is 2.15. The molecule has 0 amide bonds. The van der Waals surface area contributed by atoms with Gasteiger partial charge in [-0.2, -0.15) is 5.26 Å². The van der Waals surface area contributed by atoms with Crippen LogP contribution in [-0.2, 0) is 20.0 Å². The van der Waals surface area contributed by atoms with E-state index in [1.165, 1.54) is 12.1 Å². The highest BCUT2D eigenvalue weighted by atomic mass is 32.2. The molecule has 1 heterocycles. The van der Waals surface area contributed by atoms with Crippen LogP contribution in [0.2, 0.25) is 0 Å². The molecule has 0 aliphatic rings. The van der Waals surface area contributed by atoms with Crippen LogP contribution in [0, 0.1) is 18.3 Å². The SMILES string of the molecule is Cc1ccc(S(=O)(=O)NCCN(c2cccc(C#N)c2)S(C)(=O)=O)s1. The molecule has 1 aromatic carbocycles. The molecule has 2 rings (SSSR count). The summed E-state index contributed by atoms with van der Waals surface area (Å²) < 4.78 is 52.1. The van der Waals surface area contributed by atoms with Gasteiger partial charge in [0, 0.05) is 18.0 Å². The maximum atomic E-state index is 12.2. The van der Waals surface area contributed by atoms with Crippen molar-refractivity contribution >= 4 is 37.1 Å². The highest BCUT2D eigenvalue weighted by molar-refractivity contribution is 7.92. The highest BCUT2D eigenvalue weighted by Crippen LogP contribution is 2.21. The normalized spacial score (nSPS) is 11.9. The Bertz CT molecular complexity index is 1000. The second-order valence-corrected chi connectivity index (χ2v) is 10.4. The molecule has 0 aliphatic carbocycles. The number of hydrogen-bond acceptors (Lipinski definition) is 6. The summed E-state index contributed by atoms with van der Waals surface area (Å²) in [4.78, 5) is 0.867. The molecular weight excluding hydrogens is 382 g/mol. The van der Waals surface area contributed by atoms with E-state index in [1.807, 2.05) is 6.07 Å². The molecule has 25 heavy (non-hydrogen) atoms. The number of thiophene rings is 1. The fourth-order valence-corrected chi connectivity index (χ4v) is 5.39. The van der Waals surface area contributed by atoms with Crippen molar-refractivity contribution in [2.75, 3.05) is 23.7 Å². The maximum Gasteiger partial charge on any atom is 0.250 e. The van der Waals surface area contributed by atoms with Crippen LogP contribution in [-0.4, -0.2) is 36.2 Å². The Labute approximate surface area is 151 Å². The van der Waals surface area contributed by atoms with Gasteiger partial charge < -0.3 is 0 Å². The first-order chi connectivity index (χ1) is 11.6. The van der Waals surface area contributed by atoms with Gasteiger partial charge in [-0.05, 0) is 37.3 Å². The lowest BCUT2D eigenvalue weighted by Crippen LogP contribution is -2.38. The van der Waals surface area contributed by atoms with Gasteiger partial charge in [0.2, 0.25) is 20.0 Å². The summed E-state index contributed by atoms with van der Waals surface area (Å²) in [5.74, 6) is 0. The van der Waals surface area contributed by atoms with Gasteiger partial charge in [-0.25, -0.2) is 21.6 Å². The molecule has 0 bridgehead atoms. The van der Waals surface area contributed by atoms with Crippen molar-refractivity contribution in [2.24, 2.45) is 0 Å². The van der Waals surface area contributed by atoms with Crippen LogP contribution in [0.25, 0.3) is 0 Å². The number of nitrogens with zero attached hydrogens (tertiary/aromatic N) is 2. The molecule has 0 fully saturated rings. The van der Waals surface area contributed by atoms with Crippen molar-refractivity contribution < 1.29 is 16.8 Å². The second kappa shape index (κ2) is 7.53. The fourth-order valence-electron chi connectivity index (χ4n) is 2.13. The number of nitriles is 1. The third-order valence-electron chi connectivity index (χ3n) is 3.25. The topological polar surface area (TPSA) is 107 Å². The Hall–Kier alpha value is -1.93. The summed E-state index contributed by atoms with van der Waals surface area (Å²) in [6.07, 6.45) is 1.03. The molecule has 134 valence electrons. The van der Waals surface area contributed by atoms with Gasteiger partial charge in [-0.15, -0.1) is 11.3 Å². The first-order valence-corrected chi connectivity index (χ1v) is 11.3. The van der Waals surface area contributed by atoms with Crippen LogP contribution in [0.4, 0.5) is 5.69 Å². The van der Waals surface area contributed by atoms with E-state index < -0.39 is 20.0 Å². The molecule has 0 spiro atoms. The average molecular weight is 400 g/mol. The summed E-state index contributed by atoms with van der Waals surface area (Å²) in [5.41, 5.74) is 0.633. The number of sulfonamides is 2. The molecule has 0 saturated heterocycles. The van der Waals surface area contributed by atoms with E-state index in [0.29, 0.717) is 11.3 Å². The zero-order chi connectivity index (χ0) is 18.7. The van der Waals surface area contributed by atoms with Gasteiger partial charge in [-0.1, -0.05) is 6.07 Å². The minimum atomic E-state index is -3.68. The molecule has 10 heteroatoms. The molecule has 0 saturated carbocycles. The number of aryl methyl sites for hydroxylation is 1. The van der Waals surface area contributed by atoms with Gasteiger partial charge in [0.15, 0.2) is 0 Å². The van der Waals surface area contributed by atoms with Gasteiger partial charge in [0.1, 0.15) is 4.21 Å². The number of anilines is 1. The molecule has 0 aliphatic heterocycles. The Morgan fingerprint density at radius 3 is 2.48 bits per heavy atom. The van der Waals surface area contributed by atoms with Crippen molar-refractivity contribution in [3.8, 4) is 6.07 Å².